The molecule has 0 bridgehead atoms. The van der Waals surface area contributed by atoms with E-state index in [1.165, 1.54) is 11.8 Å². The first-order chi connectivity index (χ1) is 11.2. The third kappa shape index (κ3) is 4.35. The molecule has 0 spiro atoms. The summed E-state index contributed by atoms with van der Waals surface area (Å²) in [7, 11) is 0. The number of hydrogen-bond donors (Lipinski definition) is 1. The van der Waals surface area contributed by atoms with Crippen LogP contribution in [0.15, 0.2) is 58.3 Å². The third-order valence-corrected chi connectivity index (χ3v) is 4.46. The van der Waals surface area contributed by atoms with Crippen LogP contribution in [0.25, 0.3) is 0 Å². The summed E-state index contributed by atoms with van der Waals surface area (Å²) in [4.78, 5) is 15.8. The lowest BCUT2D eigenvalue weighted by atomic mass is 10.2. The maximum atomic E-state index is 12.3. The topological polar surface area (TPSA) is 64.3 Å². The molecule has 0 unspecified atom stereocenters. The van der Waals surface area contributed by atoms with Crippen molar-refractivity contribution in [2.24, 2.45) is 0 Å². The minimum atomic E-state index is -0.0875. The number of aliphatic hydroxyl groups excluding tert-OH is 1. The monoisotopic (exact) mass is 326 g/mol. The van der Waals surface area contributed by atoms with Gasteiger partial charge in [-0.2, -0.15) is 5.26 Å². The Bertz CT molecular complexity index is 708. The van der Waals surface area contributed by atoms with Crippen LogP contribution in [0.1, 0.15) is 22.8 Å². The van der Waals surface area contributed by atoms with E-state index in [-0.39, 0.29) is 12.5 Å². The van der Waals surface area contributed by atoms with Crippen LogP contribution in [0.5, 0.6) is 0 Å². The van der Waals surface area contributed by atoms with E-state index in [9.17, 15) is 4.79 Å². The molecule has 0 aromatic heterocycles. The number of carbonyl (C=O) groups is 1. The van der Waals surface area contributed by atoms with Crippen molar-refractivity contribution in [1.29, 1.82) is 5.26 Å². The van der Waals surface area contributed by atoms with Crippen LogP contribution in [-0.2, 0) is 0 Å². The lowest BCUT2D eigenvalue weighted by Gasteiger charge is -2.19. The van der Waals surface area contributed by atoms with Gasteiger partial charge >= 0.3 is 0 Å². The van der Waals surface area contributed by atoms with Gasteiger partial charge in [-0.25, -0.2) is 0 Å². The van der Waals surface area contributed by atoms with E-state index >= 15 is 0 Å². The fourth-order valence-corrected chi connectivity index (χ4v) is 3.04. The minimum absolute atomic E-state index is 0.0432. The van der Waals surface area contributed by atoms with Crippen LogP contribution >= 0.6 is 11.8 Å². The Morgan fingerprint density at radius 1 is 1.22 bits per heavy atom. The predicted molar refractivity (Wildman–Crippen MR) is 90.4 cm³/mol. The van der Waals surface area contributed by atoms with Crippen LogP contribution < -0.4 is 0 Å². The van der Waals surface area contributed by atoms with Crippen LogP contribution in [-0.4, -0.2) is 35.6 Å². The molecule has 2 aromatic carbocycles. The van der Waals surface area contributed by atoms with E-state index < -0.39 is 0 Å². The Kier molecular flexibility index (Phi) is 6.21. The largest absolute Gasteiger partial charge is 0.395 e. The highest BCUT2D eigenvalue weighted by Crippen LogP contribution is 2.30. The normalized spacial score (nSPS) is 10.1. The zero-order chi connectivity index (χ0) is 16.7. The van der Waals surface area contributed by atoms with Crippen molar-refractivity contribution >= 4 is 17.7 Å². The lowest BCUT2D eigenvalue weighted by molar-refractivity contribution is 0.0732. The number of aliphatic hydroxyl groups is 1. The number of amides is 1. The molecular formula is C18H18N2O2S. The van der Waals surface area contributed by atoms with Gasteiger partial charge in [0.05, 0.1) is 12.2 Å². The SMILES string of the molecule is CCN(CCO)C(=O)c1ccc(Sc2ccccc2C#N)cc1. The van der Waals surface area contributed by atoms with Crippen molar-refractivity contribution < 1.29 is 9.90 Å². The molecule has 0 saturated carbocycles. The summed E-state index contributed by atoms with van der Waals surface area (Å²) in [5.74, 6) is -0.0875. The van der Waals surface area contributed by atoms with Gasteiger partial charge in [0.15, 0.2) is 0 Å². The first-order valence-electron chi connectivity index (χ1n) is 7.36. The first-order valence-corrected chi connectivity index (χ1v) is 8.18. The van der Waals surface area contributed by atoms with E-state index in [2.05, 4.69) is 6.07 Å². The molecule has 0 heterocycles. The standard InChI is InChI=1S/C18H18N2O2S/c1-2-20(11-12-21)18(22)14-7-9-16(10-8-14)23-17-6-4-3-5-15(17)13-19/h3-10,21H,2,11-12H2,1H3. The zero-order valence-corrected chi connectivity index (χ0v) is 13.7. The summed E-state index contributed by atoms with van der Waals surface area (Å²) in [6.45, 7) is 2.74. The average Bonchev–Trinajstić information content (AvgIpc) is 2.60. The van der Waals surface area contributed by atoms with Gasteiger partial charge in [0, 0.05) is 28.4 Å². The highest BCUT2D eigenvalue weighted by Gasteiger charge is 2.13. The first kappa shape index (κ1) is 17.1. The molecule has 0 atom stereocenters. The number of benzene rings is 2. The summed E-state index contributed by atoms with van der Waals surface area (Å²) in [5, 5.41) is 18.1. The number of nitriles is 1. The molecule has 23 heavy (non-hydrogen) atoms. The molecule has 2 aromatic rings. The molecular weight excluding hydrogens is 308 g/mol. The third-order valence-electron chi connectivity index (χ3n) is 3.38. The maximum absolute atomic E-state index is 12.3. The summed E-state index contributed by atoms with van der Waals surface area (Å²) in [6, 6.07) is 16.9. The number of nitrogens with zero attached hydrogens (tertiary/aromatic N) is 2. The van der Waals surface area contributed by atoms with E-state index in [0.29, 0.717) is 24.2 Å². The Balaban J connectivity index is 2.13. The van der Waals surface area contributed by atoms with Crippen molar-refractivity contribution in [2.75, 3.05) is 19.7 Å². The van der Waals surface area contributed by atoms with Crippen molar-refractivity contribution in [3.8, 4) is 6.07 Å². The Morgan fingerprint density at radius 2 is 1.91 bits per heavy atom. The molecule has 0 aliphatic heterocycles. The van der Waals surface area contributed by atoms with Gasteiger partial charge in [-0.15, -0.1) is 0 Å². The molecule has 1 amide bonds. The van der Waals surface area contributed by atoms with Crippen LogP contribution in [0.4, 0.5) is 0 Å². The molecule has 0 radical (unpaired) electrons. The van der Waals surface area contributed by atoms with Crippen molar-refractivity contribution in [2.45, 2.75) is 16.7 Å². The van der Waals surface area contributed by atoms with Crippen LogP contribution in [0, 0.1) is 11.3 Å². The Hall–Kier alpha value is -2.29. The van der Waals surface area contributed by atoms with E-state index in [1.807, 2.05) is 37.3 Å². The molecule has 118 valence electrons. The van der Waals surface area contributed by atoms with Crippen molar-refractivity contribution in [3.05, 3.63) is 59.7 Å². The Labute approximate surface area is 140 Å². The van der Waals surface area contributed by atoms with Gasteiger partial charge < -0.3 is 10.0 Å². The second kappa shape index (κ2) is 8.37. The van der Waals surface area contributed by atoms with Gasteiger partial charge in [0.25, 0.3) is 5.91 Å². The van der Waals surface area contributed by atoms with Gasteiger partial charge in [-0.3, -0.25) is 4.79 Å². The van der Waals surface area contributed by atoms with E-state index in [1.54, 1.807) is 23.1 Å². The van der Waals surface area contributed by atoms with Crippen molar-refractivity contribution in [3.63, 3.8) is 0 Å². The Morgan fingerprint density at radius 3 is 2.52 bits per heavy atom. The van der Waals surface area contributed by atoms with Crippen LogP contribution in [0.3, 0.4) is 0 Å². The van der Waals surface area contributed by atoms with Crippen LogP contribution in [0.2, 0.25) is 0 Å². The fraction of sp³-hybridized carbons (Fsp3) is 0.222. The second-order valence-corrected chi connectivity index (χ2v) is 5.96. The molecule has 2 rings (SSSR count). The predicted octanol–water partition coefficient (Wildman–Crippen LogP) is 3.16. The van der Waals surface area contributed by atoms with Gasteiger partial charge in [-0.05, 0) is 43.3 Å². The van der Waals surface area contributed by atoms with Gasteiger partial charge in [-0.1, -0.05) is 23.9 Å². The van der Waals surface area contributed by atoms with E-state index in [0.717, 1.165) is 9.79 Å². The highest BCUT2D eigenvalue weighted by atomic mass is 32.2. The summed E-state index contributed by atoms with van der Waals surface area (Å²) in [6.07, 6.45) is 0. The summed E-state index contributed by atoms with van der Waals surface area (Å²) < 4.78 is 0. The number of hydrogen-bond acceptors (Lipinski definition) is 4. The van der Waals surface area contributed by atoms with Gasteiger partial charge in [0.1, 0.15) is 6.07 Å². The zero-order valence-electron chi connectivity index (χ0n) is 12.9. The molecule has 0 aliphatic carbocycles. The smallest absolute Gasteiger partial charge is 0.253 e. The maximum Gasteiger partial charge on any atom is 0.253 e. The second-order valence-electron chi connectivity index (χ2n) is 4.84. The number of carbonyl (C=O) groups excluding carboxylic acids is 1. The molecule has 4 nitrogen and oxygen atoms in total. The molecule has 0 fully saturated rings. The van der Waals surface area contributed by atoms with Gasteiger partial charge in [0.2, 0.25) is 0 Å². The molecule has 0 aliphatic rings. The summed E-state index contributed by atoms with van der Waals surface area (Å²) >= 11 is 1.50. The molecule has 0 saturated heterocycles. The van der Waals surface area contributed by atoms with E-state index in [4.69, 9.17) is 10.4 Å². The average molecular weight is 326 g/mol. The highest BCUT2D eigenvalue weighted by molar-refractivity contribution is 7.99. The molecule has 1 N–H and O–H groups in total. The quantitative estimate of drug-likeness (QED) is 0.885. The fourth-order valence-electron chi connectivity index (χ4n) is 2.15. The number of likely N-dealkylation sites (N-methyl/N-ethyl adjacent to an activating group) is 1. The number of rotatable bonds is 6. The molecule has 5 heteroatoms. The summed E-state index contributed by atoms with van der Waals surface area (Å²) in [5.41, 5.74) is 1.23. The lowest BCUT2D eigenvalue weighted by Crippen LogP contribution is -2.33. The van der Waals surface area contributed by atoms with Crippen molar-refractivity contribution in [1.82, 2.24) is 4.90 Å². The minimum Gasteiger partial charge on any atom is -0.395 e.